The summed E-state index contributed by atoms with van der Waals surface area (Å²) < 4.78 is 5.38. The van der Waals surface area contributed by atoms with Gasteiger partial charge in [-0.1, -0.05) is 60.1 Å². The summed E-state index contributed by atoms with van der Waals surface area (Å²) in [7, 11) is 1.48. The van der Waals surface area contributed by atoms with Gasteiger partial charge >= 0.3 is 0 Å². The molecule has 0 atom stereocenters. The Bertz CT molecular complexity index is 1170. The number of carbonyl (C=O) groups is 2. The van der Waals surface area contributed by atoms with Crippen molar-refractivity contribution in [3.63, 3.8) is 0 Å². The van der Waals surface area contributed by atoms with E-state index in [1.54, 1.807) is 30.3 Å². The first-order valence-corrected chi connectivity index (χ1v) is 9.73. The number of carbonyl (C=O) groups excluding carboxylic acids is 2. The van der Waals surface area contributed by atoms with Crippen LogP contribution in [-0.2, 0) is 9.59 Å². The number of ether oxygens (including phenoxy) is 1. The predicted octanol–water partition coefficient (Wildman–Crippen LogP) is 5.05. The molecule has 5 nitrogen and oxygen atoms in total. The molecule has 0 spiro atoms. The number of halogens is 1. The van der Waals surface area contributed by atoms with E-state index in [9.17, 15) is 9.59 Å². The van der Waals surface area contributed by atoms with Crippen molar-refractivity contribution >= 4 is 40.4 Å². The van der Waals surface area contributed by atoms with Crippen LogP contribution < -0.4 is 15.0 Å². The van der Waals surface area contributed by atoms with Crippen molar-refractivity contribution in [1.29, 1.82) is 0 Å². The molecule has 0 saturated heterocycles. The van der Waals surface area contributed by atoms with Crippen LogP contribution in [0.25, 0.3) is 5.57 Å². The Balaban J connectivity index is 1.87. The van der Waals surface area contributed by atoms with Crippen LogP contribution in [0.5, 0.6) is 5.75 Å². The number of anilines is 2. The van der Waals surface area contributed by atoms with Gasteiger partial charge in [0.15, 0.2) is 0 Å². The zero-order valence-corrected chi connectivity index (χ0v) is 17.2. The SMILES string of the molecule is COc1ccc(Cl)cc1N1C(=O)C(Nc2ccccc2C)=C(c2ccccc2)C1=O. The Hall–Kier alpha value is -3.57. The summed E-state index contributed by atoms with van der Waals surface area (Å²) in [6.45, 7) is 1.93. The highest BCUT2D eigenvalue weighted by Crippen LogP contribution is 2.39. The van der Waals surface area contributed by atoms with E-state index in [-0.39, 0.29) is 5.70 Å². The molecular formula is C24H19ClN2O3. The Morgan fingerprint density at radius 2 is 1.60 bits per heavy atom. The Kier molecular flexibility index (Phi) is 5.29. The molecule has 0 radical (unpaired) electrons. The average Bonchev–Trinajstić information content (AvgIpc) is 2.99. The molecule has 0 saturated carbocycles. The largest absolute Gasteiger partial charge is 0.495 e. The molecule has 0 bridgehead atoms. The number of amides is 2. The number of aryl methyl sites for hydroxylation is 1. The molecule has 4 rings (SSSR count). The van der Waals surface area contributed by atoms with E-state index in [1.807, 2.05) is 49.4 Å². The van der Waals surface area contributed by atoms with Crippen molar-refractivity contribution in [2.45, 2.75) is 6.92 Å². The third-order valence-corrected chi connectivity index (χ3v) is 5.17. The molecule has 1 heterocycles. The van der Waals surface area contributed by atoms with Crippen LogP contribution in [0.3, 0.4) is 0 Å². The lowest BCUT2D eigenvalue weighted by Crippen LogP contribution is -2.32. The fraction of sp³-hybridized carbons (Fsp3) is 0.0833. The van der Waals surface area contributed by atoms with Gasteiger partial charge in [0.25, 0.3) is 11.8 Å². The molecule has 3 aromatic carbocycles. The molecule has 0 unspecified atom stereocenters. The van der Waals surface area contributed by atoms with Gasteiger partial charge < -0.3 is 10.1 Å². The third kappa shape index (κ3) is 3.44. The average molecular weight is 419 g/mol. The Morgan fingerprint density at radius 1 is 0.900 bits per heavy atom. The number of hydrogen-bond acceptors (Lipinski definition) is 4. The number of rotatable bonds is 5. The quantitative estimate of drug-likeness (QED) is 0.589. The van der Waals surface area contributed by atoms with Gasteiger partial charge in [0.2, 0.25) is 0 Å². The van der Waals surface area contributed by atoms with Gasteiger partial charge in [-0.25, -0.2) is 4.90 Å². The first kappa shape index (κ1) is 19.7. The van der Waals surface area contributed by atoms with E-state index >= 15 is 0 Å². The van der Waals surface area contributed by atoms with Gasteiger partial charge in [-0.15, -0.1) is 0 Å². The minimum atomic E-state index is -0.470. The van der Waals surface area contributed by atoms with Crippen molar-refractivity contribution in [2.75, 3.05) is 17.3 Å². The maximum atomic E-state index is 13.5. The topological polar surface area (TPSA) is 58.6 Å². The fourth-order valence-electron chi connectivity index (χ4n) is 3.42. The molecule has 2 amide bonds. The van der Waals surface area contributed by atoms with E-state index in [2.05, 4.69) is 5.32 Å². The van der Waals surface area contributed by atoms with Crippen LogP contribution in [0, 0.1) is 6.92 Å². The number of nitrogens with one attached hydrogen (secondary N) is 1. The first-order valence-electron chi connectivity index (χ1n) is 9.36. The molecule has 0 fully saturated rings. The minimum absolute atomic E-state index is 0.211. The number of methoxy groups -OCH3 is 1. The molecule has 3 aromatic rings. The smallest absolute Gasteiger partial charge is 0.282 e. The van der Waals surface area contributed by atoms with E-state index in [0.717, 1.165) is 16.2 Å². The summed E-state index contributed by atoms with van der Waals surface area (Å²) in [4.78, 5) is 28.1. The Labute approximate surface area is 179 Å². The molecule has 6 heteroatoms. The van der Waals surface area contributed by atoms with Crippen LogP contribution in [0.15, 0.2) is 78.5 Å². The number of para-hydroxylation sites is 1. The van der Waals surface area contributed by atoms with Gasteiger partial charge in [-0.05, 0) is 42.3 Å². The molecule has 1 N–H and O–H groups in total. The van der Waals surface area contributed by atoms with Crippen molar-refractivity contribution < 1.29 is 14.3 Å². The lowest BCUT2D eigenvalue weighted by Gasteiger charge is -2.19. The highest BCUT2D eigenvalue weighted by atomic mass is 35.5. The molecule has 1 aliphatic heterocycles. The molecular weight excluding hydrogens is 400 g/mol. The fourth-order valence-corrected chi connectivity index (χ4v) is 3.59. The van der Waals surface area contributed by atoms with Crippen LogP contribution in [-0.4, -0.2) is 18.9 Å². The second-order valence-corrected chi connectivity index (χ2v) is 7.25. The number of benzene rings is 3. The molecule has 0 aliphatic carbocycles. The van der Waals surface area contributed by atoms with Crippen molar-refractivity contribution in [3.8, 4) is 5.75 Å². The van der Waals surface area contributed by atoms with Gasteiger partial charge in [0.1, 0.15) is 11.4 Å². The van der Waals surface area contributed by atoms with Crippen molar-refractivity contribution in [1.82, 2.24) is 0 Å². The monoisotopic (exact) mass is 418 g/mol. The molecule has 30 heavy (non-hydrogen) atoms. The molecule has 1 aliphatic rings. The summed E-state index contributed by atoms with van der Waals surface area (Å²) in [6.07, 6.45) is 0. The van der Waals surface area contributed by atoms with E-state index in [0.29, 0.717) is 27.6 Å². The number of imide groups is 1. The third-order valence-electron chi connectivity index (χ3n) is 4.93. The van der Waals surface area contributed by atoms with Crippen LogP contribution in [0.1, 0.15) is 11.1 Å². The molecule has 0 aromatic heterocycles. The normalized spacial score (nSPS) is 13.8. The second-order valence-electron chi connectivity index (χ2n) is 6.82. The second kappa shape index (κ2) is 8.05. The summed E-state index contributed by atoms with van der Waals surface area (Å²) in [6, 6.07) is 21.5. The number of hydrogen-bond donors (Lipinski definition) is 1. The van der Waals surface area contributed by atoms with Crippen LogP contribution in [0.4, 0.5) is 11.4 Å². The first-order chi connectivity index (χ1) is 14.5. The highest BCUT2D eigenvalue weighted by Gasteiger charge is 2.41. The molecule has 150 valence electrons. The van der Waals surface area contributed by atoms with Gasteiger partial charge in [-0.3, -0.25) is 9.59 Å². The van der Waals surface area contributed by atoms with Crippen LogP contribution >= 0.6 is 11.6 Å². The summed E-state index contributed by atoms with van der Waals surface area (Å²) in [5.74, 6) is -0.531. The van der Waals surface area contributed by atoms with E-state index < -0.39 is 11.8 Å². The van der Waals surface area contributed by atoms with Crippen LogP contribution in [0.2, 0.25) is 5.02 Å². The lowest BCUT2D eigenvalue weighted by atomic mass is 10.0. The minimum Gasteiger partial charge on any atom is -0.495 e. The Morgan fingerprint density at radius 3 is 2.30 bits per heavy atom. The summed E-state index contributed by atoms with van der Waals surface area (Å²) in [5, 5.41) is 3.58. The predicted molar refractivity (Wildman–Crippen MR) is 119 cm³/mol. The zero-order valence-electron chi connectivity index (χ0n) is 16.5. The van der Waals surface area contributed by atoms with Crippen molar-refractivity contribution in [3.05, 3.63) is 94.6 Å². The number of nitrogens with zero attached hydrogens (tertiary/aromatic N) is 1. The standard InChI is InChI=1S/C24H19ClN2O3/c1-15-8-6-7-11-18(15)26-22-21(16-9-4-3-5-10-16)23(28)27(24(22)29)19-14-17(25)12-13-20(19)30-2/h3-14,26H,1-2H3. The van der Waals surface area contributed by atoms with E-state index in [1.165, 1.54) is 7.11 Å². The summed E-state index contributed by atoms with van der Waals surface area (Å²) in [5.41, 5.74) is 3.16. The van der Waals surface area contributed by atoms with E-state index in [4.69, 9.17) is 16.3 Å². The maximum Gasteiger partial charge on any atom is 0.282 e. The maximum absolute atomic E-state index is 13.5. The highest BCUT2D eigenvalue weighted by molar-refractivity contribution is 6.46. The zero-order chi connectivity index (χ0) is 21.3. The van der Waals surface area contributed by atoms with Gasteiger partial charge in [0, 0.05) is 10.7 Å². The summed E-state index contributed by atoms with van der Waals surface area (Å²) >= 11 is 6.15. The lowest BCUT2D eigenvalue weighted by molar-refractivity contribution is -0.120. The van der Waals surface area contributed by atoms with Crippen molar-refractivity contribution in [2.24, 2.45) is 0 Å². The van der Waals surface area contributed by atoms with Gasteiger partial charge in [-0.2, -0.15) is 0 Å². The van der Waals surface area contributed by atoms with Gasteiger partial charge in [0.05, 0.1) is 18.4 Å².